The van der Waals surface area contributed by atoms with Crippen molar-refractivity contribution in [1.29, 1.82) is 0 Å². The van der Waals surface area contributed by atoms with E-state index in [1.54, 1.807) is 12.1 Å². The van der Waals surface area contributed by atoms with Gasteiger partial charge in [-0.1, -0.05) is 6.07 Å². The highest BCUT2D eigenvalue weighted by Gasteiger charge is 2.18. The summed E-state index contributed by atoms with van der Waals surface area (Å²) in [6.45, 7) is 1.20. The molecule has 0 radical (unpaired) electrons. The fraction of sp³-hybridized carbons (Fsp3) is 0.462. The number of benzene rings is 1. The number of nitrogens with one attached hydrogen (secondary N) is 1. The molecule has 1 aliphatic rings. The monoisotopic (exact) mass is 267 g/mol. The topological polar surface area (TPSA) is 77.0 Å². The first-order valence-corrected chi connectivity index (χ1v) is 6.05. The summed E-state index contributed by atoms with van der Waals surface area (Å²) in [5, 5.41) is 12.3. The molecule has 1 saturated heterocycles. The summed E-state index contributed by atoms with van der Waals surface area (Å²) in [6, 6.07) is 4.84. The molecule has 0 atom stereocenters. The molecular formula is C13H17NO5. The van der Waals surface area contributed by atoms with Gasteiger partial charge in [-0.2, -0.15) is 0 Å². The van der Waals surface area contributed by atoms with E-state index in [9.17, 15) is 9.90 Å². The van der Waals surface area contributed by atoms with Crippen molar-refractivity contribution in [3.05, 3.63) is 23.8 Å². The first kappa shape index (κ1) is 13.8. The second-order valence-corrected chi connectivity index (χ2v) is 4.18. The number of anilines is 1. The summed E-state index contributed by atoms with van der Waals surface area (Å²) < 4.78 is 15.7. The molecule has 0 spiro atoms. The molecule has 6 nitrogen and oxygen atoms in total. The van der Waals surface area contributed by atoms with E-state index in [2.05, 4.69) is 5.32 Å². The van der Waals surface area contributed by atoms with Crippen molar-refractivity contribution in [2.24, 2.45) is 0 Å². The molecule has 1 aliphatic heterocycles. The highest BCUT2D eigenvalue weighted by Crippen LogP contribution is 2.30. The Morgan fingerprint density at radius 2 is 2.21 bits per heavy atom. The summed E-state index contributed by atoms with van der Waals surface area (Å²) in [4.78, 5) is 11.4. The number of ether oxygens (including phenoxy) is 3. The van der Waals surface area contributed by atoms with Crippen LogP contribution in [-0.2, 0) is 19.0 Å². The summed E-state index contributed by atoms with van der Waals surface area (Å²) in [7, 11) is 1.43. The lowest BCUT2D eigenvalue weighted by Gasteiger charge is -2.24. The number of amides is 1. The lowest BCUT2D eigenvalue weighted by atomic mass is 10.1. The first-order valence-electron chi connectivity index (χ1n) is 6.05. The van der Waals surface area contributed by atoms with Crippen LogP contribution >= 0.6 is 0 Å². The van der Waals surface area contributed by atoms with Gasteiger partial charge in [0.05, 0.1) is 18.9 Å². The second-order valence-electron chi connectivity index (χ2n) is 4.18. The fourth-order valence-electron chi connectivity index (χ4n) is 1.80. The van der Waals surface area contributed by atoms with Gasteiger partial charge in [0, 0.05) is 12.7 Å². The van der Waals surface area contributed by atoms with E-state index in [1.165, 1.54) is 13.2 Å². The average molecular weight is 267 g/mol. The second kappa shape index (κ2) is 6.51. The molecule has 2 N–H and O–H groups in total. The first-order chi connectivity index (χ1) is 9.20. The summed E-state index contributed by atoms with van der Waals surface area (Å²) >= 11 is 0. The molecule has 19 heavy (non-hydrogen) atoms. The van der Waals surface area contributed by atoms with E-state index in [-0.39, 0.29) is 18.3 Å². The van der Waals surface area contributed by atoms with Crippen LogP contribution in [0.2, 0.25) is 0 Å². The number of hydrogen-bond donors (Lipinski definition) is 2. The lowest BCUT2D eigenvalue weighted by molar-refractivity contribution is -0.183. The van der Waals surface area contributed by atoms with Crippen LogP contribution in [0.3, 0.4) is 0 Å². The van der Waals surface area contributed by atoms with Gasteiger partial charge in [-0.25, -0.2) is 0 Å². The molecule has 6 heteroatoms. The number of carbonyl (C=O) groups is 1. The Hall–Kier alpha value is -1.63. The molecule has 2 rings (SSSR count). The molecule has 0 bridgehead atoms. The Morgan fingerprint density at radius 3 is 2.89 bits per heavy atom. The van der Waals surface area contributed by atoms with Crippen molar-refractivity contribution in [2.45, 2.75) is 12.7 Å². The van der Waals surface area contributed by atoms with Gasteiger partial charge in [0.2, 0.25) is 5.91 Å². The van der Waals surface area contributed by atoms with Gasteiger partial charge < -0.3 is 24.6 Å². The Labute approximate surface area is 111 Å². The quantitative estimate of drug-likeness (QED) is 0.807. The van der Waals surface area contributed by atoms with E-state index in [1.807, 2.05) is 0 Å². The van der Waals surface area contributed by atoms with Crippen LogP contribution in [0, 0.1) is 0 Å². The Bertz CT molecular complexity index is 443. The molecule has 1 aromatic carbocycles. The maximum Gasteiger partial charge on any atom is 0.250 e. The third-order valence-corrected chi connectivity index (χ3v) is 2.67. The van der Waals surface area contributed by atoms with Crippen molar-refractivity contribution in [2.75, 3.05) is 32.2 Å². The van der Waals surface area contributed by atoms with E-state index in [0.717, 1.165) is 12.0 Å². The Morgan fingerprint density at radius 1 is 1.47 bits per heavy atom. The smallest absolute Gasteiger partial charge is 0.250 e. The van der Waals surface area contributed by atoms with Gasteiger partial charge in [-0.3, -0.25) is 4.79 Å². The molecule has 104 valence electrons. The van der Waals surface area contributed by atoms with Crippen LogP contribution in [-0.4, -0.2) is 37.9 Å². The van der Waals surface area contributed by atoms with Crippen LogP contribution in [0.5, 0.6) is 5.75 Å². The maximum absolute atomic E-state index is 11.4. The Balaban J connectivity index is 2.11. The number of rotatable bonds is 4. The standard InChI is InChI=1S/C13H17NO5/c1-17-8-12(16)14-10-7-9(3-4-11(10)15)13-18-5-2-6-19-13/h3-4,7,13,15H,2,5-6,8H2,1H3,(H,14,16). The van der Waals surface area contributed by atoms with Gasteiger partial charge in [0.15, 0.2) is 6.29 Å². The highest BCUT2D eigenvalue weighted by molar-refractivity contribution is 5.93. The minimum Gasteiger partial charge on any atom is -0.506 e. The SMILES string of the molecule is COCC(=O)Nc1cc(C2OCCCO2)ccc1O. The van der Waals surface area contributed by atoms with Crippen LogP contribution in [0.1, 0.15) is 18.3 Å². The van der Waals surface area contributed by atoms with Gasteiger partial charge in [-0.05, 0) is 18.6 Å². The van der Waals surface area contributed by atoms with Crippen LogP contribution in [0.25, 0.3) is 0 Å². The average Bonchev–Trinajstić information content (AvgIpc) is 2.42. The van der Waals surface area contributed by atoms with Crippen molar-refractivity contribution < 1.29 is 24.1 Å². The van der Waals surface area contributed by atoms with Crippen molar-refractivity contribution >= 4 is 11.6 Å². The number of phenols is 1. The Kier molecular flexibility index (Phi) is 4.73. The molecule has 0 saturated carbocycles. The lowest BCUT2D eigenvalue weighted by Crippen LogP contribution is -2.19. The van der Waals surface area contributed by atoms with Crippen molar-refractivity contribution in [1.82, 2.24) is 0 Å². The van der Waals surface area contributed by atoms with Crippen molar-refractivity contribution in [3.8, 4) is 5.75 Å². The zero-order chi connectivity index (χ0) is 13.7. The van der Waals surface area contributed by atoms with Gasteiger partial charge >= 0.3 is 0 Å². The third kappa shape index (κ3) is 3.66. The van der Waals surface area contributed by atoms with E-state index in [4.69, 9.17) is 14.2 Å². The molecule has 0 aromatic heterocycles. The number of aromatic hydroxyl groups is 1. The number of carbonyl (C=O) groups excluding carboxylic acids is 1. The third-order valence-electron chi connectivity index (χ3n) is 2.67. The minimum absolute atomic E-state index is 0.0102. The zero-order valence-corrected chi connectivity index (χ0v) is 10.7. The van der Waals surface area contributed by atoms with E-state index < -0.39 is 6.29 Å². The summed E-state index contributed by atoms with van der Waals surface area (Å²) in [5.74, 6) is -0.343. The molecule has 1 amide bonds. The van der Waals surface area contributed by atoms with E-state index in [0.29, 0.717) is 18.9 Å². The van der Waals surface area contributed by atoms with Gasteiger partial charge in [0.1, 0.15) is 12.4 Å². The number of hydrogen-bond acceptors (Lipinski definition) is 5. The molecule has 0 unspecified atom stereocenters. The zero-order valence-electron chi connectivity index (χ0n) is 10.7. The summed E-state index contributed by atoms with van der Waals surface area (Å²) in [5.41, 5.74) is 1.07. The molecule has 1 heterocycles. The molecular weight excluding hydrogens is 250 g/mol. The molecule has 1 aromatic rings. The number of phenolic OH excluding ortho intramolecular Hbond substituents is 1. The predicted octanol–water partition coefficient (Wildman–Crippen LogP) is 1.41. The number of methoxy groups -OCH3 is 1. The largest absolute Gasteiger partial charge is 0.506 e. The maximum atomic E-state index is 11.4. The predicted molar refractivity (Wildman–Crippen MR) is 67.9 cm³/mol. The normalized spacial score (nSPS) is 16.3. The van der Waals surface area contributed by atoms with E-state index >= 15 is 0 Å². The van der Waals surface area contributed by atoms with Crippen LogP contribution in [0.4, 0.5) is 5.69 Å². The minimum atomic E-state index is -0.451. The highest BCUT2D eigenvalue weighted by atomic mass is 16.7. The van der Waals surface area contributed by atoms with Crippen LogP contribution in [0.15, 0.2) is 18.2 Å². The van der Waals surface area contributed by atoms with Gasteiger partial charge in [0.25, 0.3) is 0 Å². The van der Waals surface area contributed by atoms with Crippen LogP contribution < -0.4 is 5.32 Å². The molecule has 0 aliphatic carbocycles. The fourth-order valence-corrected chi connectivity index (χ4v) is 1.80. The summed E-state index contributed by atoms with van der Waals surface area (Å²) in [6.07, 6.45) is 0.416. The van der Waals surface area contributed by atoms with Crippen molar-refractivity contribution in [3.63, 3.8) is 0 Å². The molecule has 1 fully saturated rings. The van der Waals surface area contributed by atoms with Gasteiger partial charge in [-0.15, -0.1) is 0 Å².